The third-order valence-corrected chi connectivity index (χ3v) is 11.5. The lowest BCUT2D eigenvalue weighted by atomic mass is 9.70. The Balaban J connectivity index is 2.02. The SMILES string of the molecule is CCCCO[C@H]1CCC[C@H](C2NC(=O)[C@@H]2[C@@H](C)O[Si](C)(C)C(C)(C)C)[C@@H]1O. The Morgan fingerprint density at radius 3 is 2.52 bits per heavy atom. The van der Waals surface area contributed by atoms with E-state index in [1.807, 2.05) is 6.92 Å². The quantitative estimate of drug-likeness (QED) is 0.369. The van der Waals surface area contributed by atoms with Crippen LogP contribution >= 0.6 is 0 Å². The van der Waals surface area contributed by atoms with Crippen molar-refractivity contribution >= 4 is 14.2 Å². The monoisotopic (exact) mass is 399 g/mol. The van der Waals surface area contributed by atoms with Gasteiger partial charge in [0.05, 0.1) is 24.2 Å². The topological polar surface area (TPSA) is 67.8 Å². The van der Waals surface area contributed by atoms with Crippen molar-refractivity contribution in [3.05, 3.63) is 0 Å². The molecule has 2 aliphatic rings. The highest BCUT2D eigenvalue weighted by atomic mass is 28.4. The lowest BCUT2D eigenvalue weighted by Crippen LogP contribution is -2.68. The maximum Gasteiger partial charge on any atom is 0.228 e. The molecule has 5 nitrogen and oxygen atoms in total. The second kappa shape index (κ2) is 8.93. The van der Waals surface area contributed by atoms with Crippen LogP contribution in [0.4, 0.5) is 0 Å². The molecule has 1 aliphatic carbocycles. The van der Waals surface area contributed by atoms with E-state index in [9.17, 15) is 9.90 Å². The zero-order chi connectivity index (χ0) is 20.4. The Morgan fingerprint density at radius 2 is 1.96 bits per heavy atom. The Bertz CT molecular complexity index is 505. The molecule has 158 valence electrons. The third-order valence-electron chi connectivity index (χ3n) is 6.93. The number of ether oxygens (including phenoxy) is 1. The molecule has 0 aromatic rings. The number of aliphatic hydroxyl groups is 1. The molecular weight excluding hydrogens is 358 g/mol. The number of β-lactam (4-membered cyclic amide) rings is 1. The number of unbranched alkanes of at least 4 members (excludes halogenated alkanes) is 1. The highest BCUT2D eigenvalue weighted by molar-refractivity contribution is 6.74. The summed E-state index contributed by atoms with van der Waals surface area (Å²) in [5.74, 6) is -0.0563. The molecule has 0 spiro atoms. The van der Waals surface area contributed by atoms with Crippen molar-refractivity contribution < 1.29 is 19.1 Å². The van der Waals surface area contributed by atoms with Crippen LogP contribution in [-0.4, -0.2) is 50.3 Å². The smallest absolute Gasteiger partial charge is 0.228 e. The Morgan fingerprint density at radius 1 is 1.30 bits per heavy atom. The summed E-state index contributed by atoms with van der Waals surface area (Å²) in [4.78, 5) is 12.4. The molecule has 27 heavy (non-hydrogen) atoms. The van der Waals surface area contributed by atoms with E-state index in [0.29, 0.717) is 6.61 Å². The van der Waals surface area contributed by atoms with Crippen LogP contribution in [0.3, 0.4) is 0 Å². The maximum absolute atomic E-state index is 12.4. The van der Waals surface area contributed by atoms with E-state index in [0.717, 1.165) is 32.1 Å². The summed E-state index contributed by atoms with van der Waals surface area (Å²) in [6, 6.07) is -0.00940. The summed E-state index contributed by atoms with van der Waals surface area (Å²) in [5, 5.41) is 14.1. The molecule has 2 fully saturated rings. The summed E-state index contributed by atoms with van der Waals surface area (Å²) in [5.41, 5.74) is 0. The first-order chi connectivity index (χ1) is 12.5. The molecule has 0 aromatic heterocycles. The number of rotatable bonds is 8. The second-order valence-electron chi connectivity index (χ2n) is 9.99. The van der Waals surface area contributed by atoms with Gasteiger partial charge in [-0.15, -0.1) is 0 Å². The average molecular weight is 400 g/mol. The fourth-order valence-corrected chi connectivity index (χ4v) is 5.56. The van der Waals surface area contributed by atoms with Gasteiger partial charge in [0, 0.05) is 18.6 Å². The number of carbonyl (C=O) groups excluding carboxylic acids is 1. The Kier molecular flexibility index (Phi) is 7.56. The molecule has 0 radical (unpaired) electrons. The zero-order valence-corrected chi connectivity index (χ0v) is 19.4. The van der Waals surface area contributed by atoms with Crippen molar-refractivity contribution in [1.29, 1.82) is 0 Å². The van der Waals surface area contributed by atoms with Crippen LogP contribution in [-0.2, 0) is 14.0 Å². The number of carbonyl (C=O) groups is 1. The summed E-state index contributed by atoms with van der Waals surface area (Å²) < 4.78 is 12.4. The van der Waals surface area contributed by atoms with Crippen LogP contribution in [0.15, 0.2) is 0 Å². The minimum atomic E-state index is -1.94. The number of hydrogen-bond acceptors (Lipinski definition) is 4. The predicted octanol–water partition coefficient (Wildman–Crippen LogP) is 3.86. The molecule has 1 aliphatic heterocycles. The van der Waals surface area contributed by atoms with E-state index in [1.54, 1.807) is 0 Å². The fourth-order valence-electron chi connectivity index (χ4n) is 4.14. The molecule has 1 unspecified atom stereocenters. The molecule has 6 heteroatoms. The Hall–Kier alpha value is -0.433. The third kappa shape index (κ3) is 5.14. The number of aliphatic hydroxyl groups excluding tert-OH is 1. The fraction of sp³-hybridized carbons (Fsp3) is 0.952. The van der Waals surface area contributed by atoms with Crippen molar-refractivity contribution in [1.82, 2.24) is 5.32 Å². The minimum Gasteiger partial charge on any atom is -0.413 e. The van der Waals surface area contributed by atoms with Crippen LogP contribution in [0.1, 0.15) is 66.7 Å². The highest BCUT2D eigenvalue weighted by Crippen LogP contribution is 2.41. The number of hydrogen-bond donors (Lipinski definition) is 2. The summed E-state index contributed by atoms with van der Waals surface area (Å²) in [6.07, 6.45) is 4.25. The van der Waals surface area contributed by atoms with E-state index in [2.05, 4.69) is 46.1 Å². The molecular formula is C21H41NO4Si. The van der Waals surface area contributed by atoms with Crippen LogP contribution < -0.4 is 5.32 Å². The van der Waals surface area contributed by atoms with Crippen molar-refractivity contribution in [3.63, 3.8) is 0 Å². The first-order valence-corrected chi connectivity index (χ1v) is 13.7. The highest BCUT2D eigenvalue weighted by Gasteiger charge is 2.52. The van der Waals surface area contributed by atoms with E-state index in [1.165, 1.54) is 0 Å². The molecule has 2 N–H and O–H groups in total. The number of nitrogens with one attached hydrogen (secondary N) is 1. The van der Waals surface area contributed by atoms with Gasteiger partial charge >= 0.3 is 0 Å². The lowest BCUT2D eigenvalue weighted by molar-refractivity contribution is -0.151. The Labute approximate surface area is 166 Å². The molecule has 1 amide bonds. The maximum atomic E-state index is 12.4. The van der Waals surface area contributed by atoms with Gasteiger partial charge in [-0.2, -0.15) is 0 Å². The first kappa shape index (κ1) is 22.9. The first-order valence-electron chi connectivity index (χ1n) is 10.8. The molecule has 0 bridgehead atoms. The lowest BCUT2D eigenvalue weighted by Gasteiger charge is -2.50. The molecule has 6 atom stereocenters. The van der Waals surface area contributed by atoms with Crippen molar-refractivity contribution in [2.24, 2.45) is 11.8 Å². The van der Waals surface area contributed by atoms with Crippen molar-refractivity contribution in [2.75, 3.05) is 6.61 Å². The molecule has 1 saturated heterocycles. The zero-order valence-electron chi connectivity index (χ0n) is 18.4. The van der Waals surface area contributed by atoms with Crippen molar-refractivity contribution in [3.8, 4) is 0 Å². The molecule has 2 rings (SSSR count). The van der Waals surface area contributed by atoms with Crippen LogP contribution in [0.5, 0.6) is 0 Å². The van der Waals surface area contributed by atoms with Crippen LogP contribution in [0, 0.1) is 11.8 Å². The molecule has 0 aromatic carbocycles. The predicted molar refractivity (Wildman–Crippen MR) is 111 cm³/mol. The second-order valence-corrected chi connectivity index (χ2v) is 14.7. The molecule has 1 heterocycles. The largest absolute Gasteiger partial charge is 0.413 e. The van der Waals surface area contributed by atoms with Gasteiger partial charge in [-0.25, -0.2) is 0 Å². The summed E-state index contributed by atoms with van der Waals surface area (Å²) in [7, 11) is -1.94. The normalized spacial score (nSPS) is 33.3. The molecule has 1 saturated carbocycles. The summed E-state index contributed by atoms with van der Waals surface area (Å²) >= 11 is 0. The van der Waals surface area contributed by atoms with E-state index < -0.39 is 14.4 Å². The van der Waals surface area contributed by atoms with Gasteiger partial charge in [0.25, 0.3) is 0 Å². The van der Waals surface area contributed by atoms with Gasteiger partial charge in [0.1, 0.15) is 0 Å². The number of amides is 1. The van der Waals surface area contributed by atoms with Crippen LogP contribution in [0.2, 0.25) is 18.1 Å². The minimum absolute atomic E-state index is 0.00940. The van der Waals surface area contributed by atoms with Crippen LogP contribution in [0.25, 0.3) is 0 Å². The average Bonchev–Trinajstić information content (AvgIpc) is 2.53. The van der Waals surface area contributed by atoms with Gasteiger partial charge in [0.15, 0.2) is 8.32 Å². The van der Waals surface area contributed by atoms with Gasteiger partial charge in [-0.05, 0) is 44.3 Å². The van der Waals surface area contributed by atoms with E-state index in [4.69, 9.17) is 9.16 Å². The van der Waals surface area contributed by atoms with Gasteiger partial charge in [0.2, 0.25) is 5.91 Å². The van der Waals surface area contributed by atoms with Gasteiger partial charge in [-0.1, -0.05) is 40.5 Å². The van der Waals surface area contributed by atoms with Crippen molar-refractivity contribution in [2.45, 2.75) is 109 Å². The van der Waals surface area contributed by atoms with Gasteiger partial charge in [-0.3, -0.25) is 4.79 Å². The van der Waals surface area contributed by atoms with E-state index >= 15 is 0 Å². The van der Waals surface area contributed by atoms with Gasteiger partial charge < -0.3 is 19.6 Å². The summed E-state index contributed by atoms with van der Waals surface area (Å²) in [6.45, 7) is 16.0. The van der Waals surface area contributed by atoms with E-state index in [-0.39, 0.29) is 41.0 Å². The standard InChI is InChI=1S/C21H41NO4Si/c1-8-9-13-25-16-12-10-11-15(19(16)23)18-17(20(24)22-18)14(2)26-27(6,7)21(3,4)5/h14-19,23H,8-13H2,1-7H3,(H,22,24)/t14-,15-,16+,17-,18?,19+/m1/s1.